The predicted molar refractivity (Wildman–Crippen MR) is 102 cm³/mol. The number of likely N-dealkylation sites (tertiary alicyclic amines) is 1. The van der Waals surface area contributed by atoms with E-state index in [2.05, 4.69) is 0 Å². The molecule has 0 spiro atoms. The summed E-state index contributed by atoms with van der Waals surface area (Å²) >= 11 is 0. The highest BCUT2D eigenvalue weighted by Crippen LogP contribution is 2.32. The standard InChI is InChI=1S/C21H30FN3O2/c1-23(2)13-14-25(15-18-5-3-4-6-19(18)22)21(27)17-9-11-24(12-10-17)20(26)16-7-8-16/h3-6,16-17H,7-15H2,1-2H3. The number of likely N-dealkylation sites (N-methyl/N-ethyl adjacent to an activating group) is 1. The van der Waals surface area contributed by atoms with Crippen LogP contribution in [0.1, 0.15) is 31.2 Å². The van der Waals surface area contributed by atoms with Gasteiger partial charge in [-0.15, -0.1) is 0 Å². The van der Waals surface area contributed by atoms with Gasteiger partial charge in [0.25, 0.3) is 0 Å². The largest absolute Gasteiger partial charge is 0.342 e. The Bertz CT molecular complexity index is 667. The molecule has 1 aliphatic heterocycles. The van der Waals surface area contributed by atoms with Gasteiger partial charge in [-0.25, -0.2) is 4.39 Å². The molecule has 2 aliphatic rings. The van der Waals surface area contributed by atoms with Gasteiger partial charge in [0.2, 0.25) is 11.8 Å². The van der Waals surface area contributed by atoms with Crippen LogP contribution in [0.4, 0.5) is 4.39 Å². The van der Waals surface area contributed by atoms with Gasteiger partial charge < -0.3 is 14.7 Å². The number of piperidine rings is 1. The summed E-state index contributed by atoms with van der Waals surface area (Å²) in [5, 5.41) is 0. The highest BCUT2D eigenvalue weighted by molar-refractivity contribution is 5.82. The normalized spacial score (nSPS) is 18.0. The highest BCUT2D eigenvalue weighted by Gasteiger charge is 2.36. The maximum absolute atomic E-state index is 14.1. The SMILES string of the molecule is CN(C)CCN(Cc1ccccc1F)C(=O)C1CCN(C(=O)C2CC2)CC1. The number of carbonyl (C=O) groups excluding carboxylic acids is 2. The fraction of sp³-hybridized carbons (Fsp3) is 0.619. The summed E-state index contributed by atoms with van der Waals surface area (Å²) in [6.07, 6.45) is 3.43. The van der Waals surface area contributed by atoms with E-state index >= 15 is 0 Å². The minimum absolute atomic E-state index is 0.0813. The topological polar surface area (TPSA) is 43.9 Å². The van der Waals surface area contributed by atoms with Crippen molar-refractivity contribution in [1.82, 2.24) is 14.7 Å². The van der Waals surface area contributed by atoms with Gasteiger partial charge in [-0.1, -0.05) is 18.2 Å². The first-order valence-electron chi connectivity index (χ1n) is 9.91. The molecule has 1 heterocycles. The molecule has 148 valence electrons. The Balaban J connectivity index is 1.61. The number of halogens is 1. The molecule has 2 fully saturated rings. The van der Waals surface area contributed by atoms with E-state index in [1.54, 1.807) is 23.1 Å². The Kier molecular flexibility index (Phi) is 6.47. The van der Waals surface area contributed by atoms with Gasteiger partial charge in [-0.05, 0) is 45.8 Å². The van der Waals surface area contributed by atoms with Crippen LogP contribution in [0.5, 0.6) is 0 Å². The van der Waals surface area contributed by atoms with E-state index in [0.717, 1.165) is 19.4 Å². The summed E-state index contributed by atoms with van der Waals surface area (Å²) < 4.78 is 14.1. The van der Waals surface area contributed by atoms with Crippen LogP contribution < -0.4 is 0 Å². The lowest BCUT2D eigenvalue weighted by Gasteiger charge is -2.35. The lowest BCUT2D eigenvalue weighted by atomic mass is 9.94. The molecule has 2 amide bonds. The lowest BCUT2D eigenvalue weighted by molar-refractivity contribution is -0.141. The summed E-state index contributed by atoms with van der Waals surface area (Å²) in [6.45, 7) is 2.92. The molecular weight excluding hydrogens is 345 g/mol. The van der Waals surface area contributed by atoms with Crippen LogP contribution in [0.25, 0.3) is 0 Å². The third kappa shape index (κ3) is 5.28. The van der Waals surface area contributed by atoms with Crippen LogP contribution in [0.3, 0.4) is 0 Å². The molecule has 27 heavy (non-hydrogen) atoms. The van der Waals surface area contributed by atoms with Crippen LogP contribution >= 0.6 is 0 Å². The van der Waals surface area contributed by atoms with Crippen molar-refractivity contribution >= 4 is 11.8 Å². The molecule has 3 rings (SSSR count). The van der Waals surface area contributed by atoms with Crippen molar-refractivity contribution in [2.45, 2.75) is 32.2 Å². The minimum atomic E-state index is -0.273. The Morgan fingerprint density at radius 1 is 1.04 bits per heavy atom. The van der Waals surface area contributed by atoms with E-state index < -0.39 is 0 Å². The maximum atomic E-state index is 14.1. The fourth-order valence-electron chi connectivity index (χ4n) is 3.61. The molecule has 5 nitrogen and oxygen atoms in total. The fourth-order valence-corrected chi connectivity index (χ4v) is 3.61. The van der Waals surface area contributed by atoms with Crippen molar-refractivity contribution in [1.29, 1.82) is 0 Å². The number of rotatable bonds is 7. The Hall–Kier alpha value is -1.95. The molecule has 0 aromatic heterocycles. The van der Waals surface area contributed by atoms with Crippen molar-refractivity contribution < 1.29 is 14.0 Å². The van der Waals surface area contributed by atoms with Crippen LogP contribution in [0, 0.1) is 17.7 Å². The number of benzene rings is 1. The molecule has 0 radical (unpaired) electrons. The third-order valence-electron chi connectivity index (χ3n) is 5.53. The zero-order valence-electron chi connectivity index (χ0n) is 16.4. The Morgan fingerprint density at radius 2 is 1.70 bits per heavy atom. The minimum Gasteiger partial charge on any atom is -0.342 e. The van der Waals surface area contributed by atoms with E-state index in [0.29, 0.717) is 44.6 Å². The van der Waals surface area contributed by atoms with Crippen molar-refractivity contribution in [2.24, 2.45) is 11.8 Å². The zero-order chi connectivity index (χ0) is 19.4. The summed E-state index contributed by atoms with van der Waals surface area (Å²) in [5.74, 6) is 0.220. The smallest absolute Gasteiger partial charge is 0.226 e. The number of hydrogen-bond acceptors (Lipinski definition) is 3. The van der Waals surface area contributed by atoms with Crippen molar-refractivity contribution in [3.8, 4) is 0 Å². The molecule has 1 aromatic rings. The molecule has 6 heteroatoms. The van der Waals surface area contributed by atoms with Crippen LogP contribution in [-0.4, -0.2) is 66.8 Å². The monoisotopic (exact) mass is 375 g/mol. The van der Waals surface area contributed by atoms with Crippen molar-refractivity contribution in [3.05, 3.63) is 35.6 Å². The molecule has 0 bridgehead atoms. The van der Waals surface area contributed by atoms with Gasteiger partial charge >= 0.3 is 0 Å². The molecule has 0 N–H and O–H groups in total. The van der Waals surface area contributed by atoms with E-state index in [-0.39, 0.29) is 29.5 Å². The average Bonchev–Trinajstić information content (AvgIpc) is 3.50. The van der Waals surface area contributed by atoms with Gasteiger partial charge in [-0.2, -0.15) is 0 Å². The quantitative estimate of drug-likeness (QED) is 0.735. The summed E-state index contributed by atoms with van der Waals surface area (Å²) in [4.78, 5) is 31.1. The summed E-state index contributed by atoms with van der Waals surface area (Å²) in [5.41, 5.74) is 0.547. The molecule has 1 aromatic carbocycles. The molecular formula is C21H30FN3O2. The third-order valence-corrected chi connectivity index (χ3v) is 5.53. The average molecular weight is 375 g/mol. The van der Waals surface area contributed by atoms with Gasteiger partial charge in [0.15, 0.2) is 0 Å². The van der Waals surface area contributed by atoms with Gasteiger partial charge in [-0.3, -0.25) is 9.59 Å². The van der Waals surface area contributed by atoms with Crippen molar-refractivity contribution in [2.75, 3.05) is 40.3 Å². The Morgan fingerprint density at radius 3 is 2.30 bits per heavy atom. The number of carbonyl (C=O) groups is 2. The predicted octanol–water partition coefficient (Wildman–Crippen LogP) is 2.36. The van der Waals surface area contributed by atoms with Crippen LogP contribution in [0.2, 0.25) is 0 Å². The van der Waals surface area contributed by atoms with Gasteiger partial charge in [0.1, 0.15) is 5.82 Å². The van der Waals surface area contributed by atoms with E-state index in [4.69, 9.17) is 0 Å². The Labute approximate surface area is 161 Å². The zero-order valence-corrected chi connectivity index (χ0v) is 16.4. The number of nitrogens with zero attached hydrogens (tertiary/aromatic N) is 3. The maximum Gasteiger partial charge on any atom is 0.226 e. The van der Waals surface area contributed by atoms with E-state index in [9.17, 15) is 14.0 Å². The summed E-state index contributed by atoms with van der Waals surface area (Å²) in [7, 11) is 3.93. The molecule has 1 saturated carbocycles. The molecule has 0 atom stereocenters. The lowest BCUT2D eigenvalue weighted by Crippen LogP contribution is -2.46. The number of hydrogen-bond donors (Lipinski definition) is 0. The molecule has 1 aliphatic carbocycles. The van der Waals surface area contributed by atoms with E-state index in [1.165, 1.54) is 6.07 Å². The van der Waals surface area contributed by atoms with Crippen LogP contribution in [-0.2, 0) is 16.1 Å². The number of amides is 2. The molecule has 0 unspecified atom stereocenters. The molecule has 1 saturated heterocycles. The second kappa shape index (κ2) is 8.83. The summed E-state index contributed by atoms with van der Waals surface area (Å²) in [6, 6.07) is 6.64. The second-order valence-corrected chi connectivity index (χ2v) is 8.03. The van der Waals surface area contributed by atoms with Gasteiger partial charge in [0.05, 0.1) is 0 Å². The van der Waals surface area contributed by atoms with E-state index in [1.807, 2.05) is 23.9 Å². The van der Waals surface area contributed by atoms with Crippen LogP contribution in [0.15, 0.2) is 24.3 Å². The first-order chi connectivity index (χ1) is 13.0. The first kappa shape index (κ1) is 19.8. The first-order valence-corrected chi connectivity index (χ1v) is 9.91. The van der Waals surface area contributed by atoms with Gasteiger partial charge in [0, 0.05) is 50.1 Å². The highest BCUT2D eigenvalue weighted by atomic mass is 19.1. The second-order valence-electron chi connectivity index (χ2n) is 8.03. The van der Waals surface area contributed by atoms with Crippen molar-refractivity contribution in [3.63, 3.8) is 0 Å².